The molecule has 10 heavy (non-hydrogen) atoms. The second-order valence-electron chi connectivity index (χ2n) is 3.56. The van der Waals surface area contributed by atoms with Crippen molar-refractivity contribution in [3.05, 3.63) is 5.92 Å². The van der Waals surface area contributed by atoms with Gasteiger partial charge in [-0.1, -0.05) is 39.5 Å². The van der Waals surface area contributed by atoms with Crippen molar-refractivity contribution in [1.82, 2.24) is 0 Å². The monoisotopic (exact) mass is 139 g/mol. The Morgan fingerprint density at radius 2 is 1.90 bits per heavy atom. The summed E-state index contributed by atoms with van der Waals surface area (Å²) in [6.07, 6.45) is 8.55. The van der Waals surface area contributed by atoms with E-state index in [1.54, 1.807) is 0 Å². The Morgan fingerprint density at radius 3 is 2.40 bits per heavy atom. The molecule has 1 aliphatic rings. The average Bonchev–Trinajstić information content (AvgIpc) is 2.38. The number of rotatable bonds is 3. The summed E-state index contributed by atoms with van der Waals surface area (Å²) in [5.41, 5.74) is 0. The molecule has 0 nitrogen and oxygen atoms in total. The maximum absolute atomic E-state index is 2.39. The van der Waals surface area contributed by atoms with Crippen LogP contribution in [0.5, 0.6) is 0 Å². The lowest BCUT2D eigenvalue weighted by Crippen LogP contribution is -2.04. The van der Waals surface area contributed by atoms with Gasteiger partial charge in [0.15, 0.2) is 0 Å². The molecule has 0 spiro atoms. The molecule has 0 saturated heterocycles. The van der Waals surface area contributed by atoms with Gasteiger partial charge in [0.1, 0.15) is 0 Å². The van der Waals surface area contributed by atoms with Crippen molar-refractivity contribution in [2.75, 3.05) is 0 Å². The van der Waals surface area contributed by atoms with Crippen LogP contribution < -0.4 is 0 Å². The number of hydrogen-bond donors (Lipinski definition) is 0. The molecule has 1 fully saturated rings. The lowest BCUT2D eigenvalue weighted by molar-refractivity contribution is 0.515. The second kappa shape index (κ2) is 4.00. The highest BCUT2D eigenvalue weighted by Gasteiger charge is 2.20. The normalized spacial score (nSPS) is 23.4. The summed E-state index contributed by atoms with van der Waals surface area (Å²) in [6.45, 7) is 4.68. The third kappa shape index (κ3) is 2.00. The van der Waals surface area contributed by atoms with Crippen LogP contribution in [0, 0.1) is 11.8 Å². The van der Waals surface area contributed by atoms with Crippen LogP contribution >= 0.6 is 0 Å². The van der Waals surface area contributed by atoms with Crippen LogP contribution in [0.3, 0.4) is 0 Å². The zero-order chi connectivity index (χ0) is 7.40. The zero-order valence-corrected chi connectivity index (χ0v) is 7.32. The third-order valence-electron chi connectivity index (χ3n) is 2.66. The predicted molar refractivity (Wildman–Crippen MR) is 45.8 cm³/mol. The molecule has 0 aromatic heterocycles. The van der Waals surface area contributed by atoms with Crippen molar-refractivity contribution < 1.29 is 0 Å². The van der Waals surface area contributed by atoms with Crippen molar-refractivity contribution >= 4 is 0 Å². The Bertz CT molecular complexity index is 80.0. The first-order valence-electron chi connectivity index (χ1n) is 4.69. The van der Waals surface area contributed by atoms with E-state index in [9.17, 15) is 0 Å². The quantitative estimate of drug-likeness (QED) is 0.560. The molecule has 0 aliphatic heterocycles. The average molecular weight is 139 g/mol. The van der Waals surface area contributed by atoms with Gasteiger partial charge in [0.2, 0.25) is 0 Å². The predicted octanol–water partition coefficient (Wildman–Crippen LogP) is 3.57. The zero-order valence-electron chi connectivity index (χ0n) is 7.32. The summed E-state index contributed by atoms with van der Waals surface area (Å²) < 4.78 is 0. The standard InChI is InChI=1S/C10H19/c1-3-6-9(2)10-7-4-5-8-10/h9H,3-8H2,1-2H3. The van der Waals surface area contributed by atoms with Crippen molar-refractivity contribution in [1.29, 1.82) is 0 Å². The largest absolute Gasteiger partial charge is 0.0654 e. The van der Waals surface area contributed by atoms with Gasteiger partial charge in [-0.25, -0.2) is 0 Å². The van der Waals surface area contributed by atoms with E-state index in [1.165, 1.54) is 38.5 Å². The Labute approximate surface area is 65.0 Å². The van der Waals surface area contributed by atoms with E-state index in [2.05, 4.69) is 13.8 Å². The Hall–Kier alpha value is 0. The fourth-order valence-electron chi connectivity index (χ4n) is 1.96. The van der Waals surface area contributed by atoms with Gasteiger partial charge in [0.05, 0.1) is 0 Å². The van der Waals surface area contributed by atoms with E-state index in [1.807, 2.05) is 5.92 Å². The van der Waals surface area contributed by atoms with E-state index in [4.69, 9.17) is 0 Å². The first-order chi connectivity index (χ1) is 4.84. The molecule has 0 amide bonds. The molecule has 0 bridgehead atoms. The SMILES string of the molecule is CCCC(C)[C]1CCCC1. The summed E-state index contributed by atoms with van der Waals surface area (Å²) in [6, 6.07) is 0. The highest BCUT2D eigenvalue weighted by Crippen LogP contribution is 2.35. The summed E-state index contributed by atoms with van der Waals surface area (Å²) in [5.74, 6) is 2.77. The van der Waals surface area contributed by atoms with Gasteiger partial charge in [0, 0.05) is 0 Å². The molecule has 0 N–H and O–H groups in total. The summed E-state index contributed by atoms with van der Waals surface area (Å²) in [4.78, 5) is 0. The van der Waals surface area contributed by atoms with Gasteiger partial charge in [-0.15, -0.1) is 0 Å². The summed E-state index contributed by atoms with van der Waals surface area (Å²) in [5, 5.41) is 0. The third-order valence-corrected chi connectivity index (χ3v) is 2.66. The van der Waals surface area contributed by atoms with Crippen LogP contribution in [-0.4, -0.2) is 0 Å². The minimum absolute atomic E-state index is 0.924. The van der Waals surface area contributed by atoms with E-state index in [0.29, 0.717) is 0 Å². The molecular weight excluding hydrogens is 120 g/mol. The molecule has 59 valence electrons. The Balaban J connectivity index is 2.18. The highest BCUT2D eigenvalue weighted by atomic mass is 14.3. The van der Waals surface area contributed by atoms with Gasteiger partial charge in [-0.05, 0) is 24.7 Å². The topological polar surface area (TPSA) is 0 Å². The van der Waals surface area contributed by atoms with E-state index >= 15 is 0 Å². The molecule has 0 aromatic carbocycles. The highest BCUT2D eigenvalue weighted by molar-refractivity contribution is 4.98. The molecule has 0 heterocycles. The van der Waals surface area contributed by atoms with Crippen molar-refractivity contribution in [2.24, 2.45) is 5.92 Å². The van der Waals surface area contributed by atoms with Crippen molar-refractivity contribution in [2.45, 2.75) is 52.4 Å². The van der Waals surface area contributed by atoms with Crippen LogP contribution in [0.2, 0.25) is 0 Å². The second-order valence-corrected chi connectivity index (χ2v) is 3.56. The Morgan fingerprint density at radius 1 is 1.30 bits per heavy atom. The first kappa shape index (κ1) is 8.10. The van der Waals surface area contributed by atoms with E-state index < -0.39 is 0 Å². The fraction of sp³-hybridized carbons (Fsp3) is 0.900. The lowest BCUT2D eigenvalue weighted by atomic mass is 9.89. The lowest BCUT2D eigenvalue weighted by Gasteiger charge is -2.16. The smallest absolute Gasteiger partial charge is 0.0213 e. The van der Waals surface area contributed by atoms with Crippen molar-refractivity contribution in [3.8, 4) is 0 Å². The molecule has 1 rings (SSSR count). The molecule has 1 radical (unpaired) electrons. The van der Waals surface area contributed by atoms with Gasteiger partial charge >= 0.3 is 0 Å². The van der Waals surface area contributed by atoms with E-state index in [0.717, 1.165) is 5.92 Å². The summed E-state index contributed by atoms with van der Waals surface area (Å²) in [7, 11) is 0. The van der Waals surface area contributed by atoms with Crippen LogP contribution in [0.1, 0.15) is 52.4 Å². The van der Waals surface area contributed by atoms with Crippen LogP contribution in [0.15, 0.2) is 0 Å². The molecule has 0 heteroatoms. The van der Waals surface area contributed by atoms with Crippen LogP contribution in [-0.2, 0) is 0 Å². The van der Waals surface area contributed by atoms with Gasteiger partial charge in [-0.3, -0.25) is 0 Å². The van der Waals surface area contributed by atoms with E-state index in [-0.39, 0.29) is 0 Å². The molecule has 1 atom stereocenters. The van der Waals surface area contributed by atoms with Crippen LogP contribution in [0.4, 0.5) is 0 Å². The number of hydrogen-bond acceptors (Lipinski definition) is 0. The minimum Gasteiger partial charge on any atom is -0.0654 e. The van der Waals surface area contributed by atoms with Gasteiger partial charge in [0.25, 0.3) is 0 Å². The minimum atomic E-state index is 0.924. The molecular formula is C10H19. The van der Waals surface area contributed by atoms with Crippen LogP contribution in [0.25, 0.3) is 0 Å². The maximum atomic E-state index is 2.39. The molecule has 0 aromatic rings. The molecule has 1 saturated carbocycles. The molecule has 1 aliphatic carbocycles. The van der Waals surface area contributed by atoms with Gasteiger partial charge in [-0.2, -0.15) is 0 Å². The first-order valence-corrected chi connectivity index (χ1v) is 4.69. The van der Waals surface area contributed by atoms with Gasteiger partial charge < -0.3 is 0 Å². The fourth-order valence-corrected chi connectivity index (χ4v) is 1.96. The maximum Gasteiger partial charge on any atom is -0.0213 e. The summed E-state index contributed by atoms with van der Waals surface area (Å²) >= 11 is 0. The van der Waals surface area contributed by atoms with Crippen molar-refractivity contribution in [3.63, 3.8) is 0 Å². The Kier molecular flexibility index (Phi) is 3.24. The molecule has 1 unspecified atom stereocenters.